The second-order valence-electron chi connectivity index (χ2n) is 5.82. The Morgan fingerprint density at radius 3 is 2.62 bits per heavy atom. The summed E-state index contributed by atoms with van der Waals surface area (Å²) < 4.78 is 12.8. The highest BCUT2D eigenvalue weighted by Gasteiger charge is 2.31. The molecule has 0 aliphatic heterocycles. The molecule has 1 aromatic carbocycles. The number of nitrogens with one attached hydrogen (secondary N) is 1. The number of thioether (sulfide) groups is 1. The van der Waals surface area contributed by atoms with E-state index in [1.807, 2.05) is 6.92 Å². The van der Waals surface area contributed by atoms with Gasteiger partial charge in [-0.15, -0.1) is 11.8 Å². The molecule has 0 radical (unpaired) electrons. The molecule has 116 valence electrons. The molecule has 3 nitrogen and oxygen atoms in total. The second kappa shape index (κ2) is 7.27. The number of amides is 1. The molecule has 1 aliphatic rings. The van der Waals surface area contributed by atoms with Crippen molar-refractivity contribution in [2.45, 2.75) is 43.1 Å². The minimum atomic E-state index is -0.709. The van der Waals surface area contributed by atoms with Crippen LogP contribution in [0.1, 0.15) is 32.6 Å². The standard InChI is InChI=1S/C16H22FNO2S/c1-12(10-21-14-6-4-13(17)5-7-14)15(19)18-11-16(20)8-2-3-9-16/h4-7,12,20H,2-3,8-11H2,1H3,(H,18,19). The molecule has 2 N–H and O–H groups in total. The maximum Gasteiger partial charge on any atom is 0.223 e. The highest BCUT2D eigenvalue weighted by molar-refractivity contribution is 7.99. The number of hydrogen-bond acceptors (Lipinski definition) is 3. The van der Waals surface area contributed by atoms with Crippen LogP contribution >= 0.6 is 11.8 Å². The molecular weight excluding hydrogens is 289 g/mol. The summed E-state index contributed by atoms with van der Waals surface area (Å²) in [6, 6.07) is 6.27. The van der Waals surface area contributed by atoms with E-state index in [4.69, 9.17) is 0 Å². The summed E-state index contributed by atoms with van der Waals surface area (Å²) >= 11 is 1.53. The van der Waals surface area contributed by atoms with Crippen molar-refractivity contribution in [3.8, 4) is 0 Å². The fraction of sp³-hybridized carbons (Fsp3) is 0.562. The average Bonchev–Trinajstić information content (AvgIpc) is 2.91. The molecule has 1 unspecified atom stereocenters. The predicted octanol–water partition coefficient (Wildman–Crippen LogP) is 2.98. The molecule has 5 heteroatoms. The van der Waals surface area contributed by atoms with E-state index in [1.54, 1.807) is 12.1 Å². The molecule has 0 bridgehead atoms. The molecule has 1 fully saturated rings. The van der Waals surface area contributed by atoms with Gasteiger partial charge in [-0.05, 0) is 37.1 Å². The van der Waals surface area contributed by atoms with Crippen molar-refractivity contribution < 1.29 is 14.3 Å². The van der Waals surface area contributed by atoms with E-state index in [9.17, 15) is 14.3 Å². The van der Waals surface area contributed by atoms with Crippen LogP contribution in [0.15, 0.2) is 29.2 Å². The van der Waals surface area contributed by atoms with Crippen molar-refractivity contribution in [1.82, 2.24) is 5.32 Å². The Labute approximate surface area is 129 Å². The molecule has 0 heterocycles. The molecule has 21 heavy (non-hydrogen) atoms. The van der Waals surface area contributed by atoms with E-state index in [-0.39, 0.29) is 17.6 Å². The molecule has 0 spiro atoms. The van der Waals surface area contributed by atoms with Crippen LogP contribution in [0.4, 0.5) is 4.39 Å². The zero-order valence-corrected chi connectivity index (χ0v) is 13.1. The minimum Gasteiger partial charge on any atom is -0.388 e. The molecule has 2 rings (SSSR count). The third-order valence-electron chi connectivity index (χ3n) is 3.89. The van der Waals surface area contributed by atoms with E-state index in [0.29, 0.717) is 12.3 Å². The van der Waals surface area contributed by atoms with Gasteiger partial charge in [0, 0.05) is 23.1 Å². The summed E-state index contributed by atoms with van der Waals surface area (Å²) in [4.78, 5) is 13.0. The first-order valence-electron chi connectivity index (χ1n) is 7.37. The van der Waals surface area contributed by atoms with E-state index < -0.39 is 5.60 Å². The van der Waals surface area contributed by atoms with Gasteiger partial charge in [0.1, 0.15) is 5.82 Å². The monoisotopic (exact) mass is 311 g/mol. The van der Waals surface area contributed by atoms with Crippen molar-refractivity contribution in [2.24, 2.45) is 5.92 Å². The Balaban J connectivity index is 1.73. The van der Waals surface area contributed by atoms with Gasteiger partial charge in [0.15, 0.2) is 0 Å². The first-order chi connectivity index (χ1) is 9.98. The average molecular weight is 311 g/mol. The fourth-order valence-corrected chi connectivity index (χ4v) is 3.39. The Kier molecular flexibility index (Phi) is 5.65. The fourth-order valence-electron chi connectivity index (χ4n) is 2.46. The first kappa shape index (κ1) is 16.3. The van der Waals surface area contributed by atoms with Gasteiger partial charge in [-0.1, -0.05) is 19.8 Å². The van der Waals surface area contributed by atoms with Crippen LogP contribution in [0.5, 0.6) is 0 Å². The summed E-state index contributed by atoms with van der Waals surface area (Å²) in [7, 11) is 0. The zero-order chi connectivity index (χ0) is 15.3. The van der Waals surface area contributed by atoms with Crippen LogP contribution in [-0.2, 0) is 4.79 Å². The quantitative estimate of drug-likeness (QED) is 0.794. The summed E-state index contributed by atoms with van der Waals surface area (Å²) in [5.41, 5.74) is -0.709. The largest absolute Gasteiger partial charge is 0.388 e. The molecule has 1 amide bonds. The second-order valence-corrected chi connectivity index (χ2v) is 6.91. The summed E-state index contributed by atoms with van der Waals surface area (Å²) in [6.45, 7) is 2.21. The van der Waals surface area contributed by atoms with Gasteiger partial charge in [-0.3, -0.25) is 4.79 Å². The maximum absolute atomic E-state index is 12.8. The van der Waals surface area contributed by atoms with Crippen LogP contribution in [0, 0.1) is 11.7 Å². The number of hydrogen-bond donors (Lipinski definition) is 2. The minimum absolute atomic E-state index is 0.0371. The Bertz CT molecular complexity index is 472. The zero-order valence-electron chi connectivity index (χ0n) is 12.3. The molecule has 1 saturated carbocycles. The summed E-state index contributed by atoms with van der Waals surface area (Å²) in [5, 5.41) is 13.0. The number of rotatable bonds is 6. The number of aliphatic hydroxyl groups is 1. The number of carbonyl (C=O) groups excluding carboxylic acids is 1. The molecular formula is C16H22FNO2S. The van der Waals surface area contributed by atoms with Crippen molar-refractivity contribution in [3.05, 3.63) is 30.1 Å². The lowest BCUT2D eigenvalue weighted by Gasteiger charge is -2.23. The van der Waals surface area contributed by atoms with Crippen LogP contribution in [-0.4, -0.2) is 28.9 Å². The van der Waals surface area contributed by atoms with Gasteiger partial charge >= 0.3 is 0 Å². The SMILES string of the molecule is CC(CSc1ccc(F)cc1)C(=O)NCC1(O)CCCC1. The highest BCUT2D eigenvalue weighted by Crippen LogP contribution is 2.28. The Morgan fingerprint density at radius 1 is 1.38 bits per heavy atom. The van der Waals surface area contributed by atoms with Gasteiger partial charge in [-0.25, -0.2) is 4.39 Å². The van der Waals surface area contributed by atoms with Crippen molar-refractivity contribution >= 4 is 17.7 Å². The molecule has 1 aliphatic carbocycles. The van der Waals surface area contributed by atoms with Gasteiger partial charge in [0.05, 0.1) is 5.60 Å². The summed E-state index contributed by atoms with van der Waals surface area (Å²) in [5.74, 6) is 0.195. The van der Waals surface area contributed by atoms with Crippen LogP contribution in [0.2, 0.25) is 0 Å². The van der Waals surface area contributed by atoms with Gasteiger partial charge in [0.2, 0.25) is 5.91 Å². The topological polar surface area (TPSA) is 49.3 Å². The number of benzene rings is 1. The maximum atomic E-state index is 12.8. The lowest BCUT2D eigenvalue weighted by molar-refractivity contribution is -0.125. The lowest BCUT2D eigenvalue weighted by atomic mass is 10.0. The van der Waals surface area contributed by atoms with Crippen LogP contribution in [0.3, 0.4) is 0 Å². The molecule has 0 aromatic heterocycles. The third-order valence-corrected chi connectivity index (χ3v) is 5.16. The van der Waals surface area contributed by atoms with Gasteiger partial charge < -0.3 is 10.4 Å². The van der Waals surface area contributed by atoms with Gasteiger partial charge in [-0.2, -0.15) is 0 Å². The van der Waals surface area contributed by atoms with Crippen LogP contribution in [0.25, 0.3) is 0 Å². The van der Waals surface area contributed by atoms with E-state index in [1.165, 1.54) is 23.9 Å². The number of carbonyl (C=O) groups is 1. The molecule has 1 atom stereocenters. The van der Waals surface area contributed by atoms with Crippen molar-refractivity contribution in [1.29, 1.82) is 0 Å². The van der Waals surface area contributed by atoms with E-state index in [2.05, 4.69) is 5.32 Å². The van der Waals surface area contributed by atoms with E-state index in [0.717, 1.165) is 30.6 Å². The van der Waals surface area contributed by atoms with Gasteiger partial charge in [0.25, 0.3) is 0 Å². The predicted molar refractivity (Wildman–Crippen MR) is 82.7 cm³/mol. The number of halogens is 1. The van der Waals surface area contributed by atoms with Crippen LogP contribution < -0.4 is 5.32 Å². The van der Waals surface area contributed by atoms with E-state index >= 15 is 0 Å². The normalized spacial score (nSPS) is 18.4. The summed E-state index contributed by atoms with van der Waals surface area (Å²) in [6.07, 6.45) is 3.60. The lowest BCUT2D eigenvalue weighted by Crippen LogP contribution is -2.42. The highest BCUT2D eigenvalue weighted by atomic mass is 32.2. The Morgan fingerprint density at radius 2 is 2.00 bits per heavy atom. The first-order valence-corrected chi connectivity index (χ1v) is 8.35. The third kappa shape index (κ3) is 5.00. The van der Waals surface area contributed by atoms with Crippen molar-refractivity contribution in [3.63, 3.8) is 0 Å². The Hall–Kier alpha value is -1.07. The molecule has 0 saturated heterocycles. The smallest absolute Gasteiger partial charge is 0.223 e. The van der Waals surface area contributed by atoms with Crippen molar-refractivity contribution in [2.75, 3.05) is 12.3 Å². The molecule has 1 aromatic rings.